The zero-order valence-electron chi connectivity index (χ0n) is 14.3. The quantitative estimate of drug-likeness (QED) is 0.224. The van der Waals surface area contributed by atoms with Gasteiger partial charge in [0.2, 0.25) is 0 Å². The smallest absolute Gasteiger partial charge is 0.453 e. The minimum Gasteiger partial charge on any atom is -0.453 e. The van der Waals surface area contributed by atoms with Crippen molar-refractivity contribution in [2.45, 2.75) is 36.7 Å². The molecule has 0 aliphatic carbocycles. The molecule has 0 amide bonds. The second-order valence-corrected chi connectivity index (χ2v) is 5.27. The molecule has 0 saturated carbocycles. The Labute approximate surface area is 160 Å². The first-order valence-electron chi connectivity index (χ1n) is 7.27. The van der Waals surface area contributed by atoms with Crippen molar-refractivity contribution in [3.05, 3.63) is 36.7 Å². The van der Waals surface area contributed by atoms with Crippen LogP contribution < -0.4 is 0 Å². The average molecular weight is 464 g/mol. The van der Waals surface area contributed by atoms with Crippen molar-refractivity contribution in [3.8, 4) is 0 Å². The van der Waals surface area contributed by atoms with E-state index in [0.29, 0.717) is 0 Å². The molecule has 0 aromatic carbocycles. The molecule has 1 atom stereocenters. The summed E-state index contributed by atoms with van der Waals surface area (Å²) in [4.78, 5) is 22.6. The molecule has 0 heterocycles. The Morgan fingerprint density at radius 1 is 0.833 bits per heavy atom. The van der Waals surface area contributed by atoms with Gasteiger partial charge in [-0.3, -0.25) is 0 Å². The highest BCUT2D eigenvalue weighted by atomic mass is 19.4. The van der Waals surface area contributed by atoms with Crippen LogP contribution in [0.4, 0.5) is 48.3 Å². The van der Waals surface area contributed by atoms with Gasteiger partial charge in [-0.05, 0) is 24.3 Å². The SMILES string of the molecule is C=C(F)CC(/C=C/C(F)(F)C(F)(F)F)OC(=O)C(=O)OC/C=C/C(F)(F)C(F)(F)F. The van der Waals surface area contributed by atoms with Crippen LogP contribution >= 0.6 is 0 Å². The molecule has 30 heavy (non-hydrogen) atoms. The number of carbonyl (C=O) groups excluding carboxylic acids is 2. The van der Waals surface area contributed by atoms with Gasteiger partial charge in [0, 0.05) is 6.42 Å². The lowest BCUT2D eigenvalue weighted by Gasteiger charge is -2.17. The molecular weight excluding hydrogens is 453 g/mol. The maximum atomic E-state index is 12.8. The van der Waals surface area contributed by atoms with Crippen molar-refractivity contribution in [2.24, 2.45) is 0 Å². The number of hydrogen-bond donors (Lipinski definition) is 0. The summed E-state index contributed by atoms with van der Waals surface area (Å²) in [5, 5.41) is 0. The van der Waals surface area contributed by atoms with E-state index in [-0.39, 0.29) is 12.2 Å². The standard InChI is InChI=1S/C15H11F11O4/c1-8(16)7-9(3-5-13(19,20)15(24,25)26)30-11(28)10(27)29-6-2-4-12(17,18)14(21,22)23/h2-5,9H,1,6-7H2/b4-2+,5-3+. The van der Waals surface area contributed by atoms with Crippen molar-refractivity contribution in [2.75, 3.05) is 6.61 Å². The van der Waals surface area contributed by atoms with Gasteiger partial charge in [0.1, 0.15) is 12.7 Å². The van der Waals surface area contributed by atoms with Crippen molar-refractivity contribution in [1.29, 1.82) is 0 Å². The van der Waals surface area contributed by atoms with E-state index in [4.69, 9.17) is 0 Å². The predicted octanol–water partition coefficient (Wildman–Crippen LogP) is 4.82. The van der Waals surface area contributed by atoms with E-state index in [2.05, 4.69) is 16.1 Å². The summed E-state index contributed by atoms with van der Waals surface area (Å²) >= 11 is 0. The van der Waals surface area contributed by atoms with E-state index in [0.717, 1.165) is 0 Å². The van der Waals surface area contributed by atoms with Crippen LogP contribution in [0.5, 0.6) is 0 Å². The zero-order valence-corrected chi connectivity index (χ0v) is 14.3. The maximum absolute atomic E-state index is 12.8. The predicted molar refractivity (Wildman–Crippen MR) is 76.0 cm³/mol. The largest absolute Gasteiger partial charge is 0.457 e. The second kappa shape index (κ2) is 9.93. The number of rotatable bonds is 8. The van der Waals surface area contributed by atoms with Crippen LogP contribution in [0.1, 0.15) is 6.42 Å². The number of hydrogen-bond acceptors (Lipinski definition) is 4. The Bertz CT molecular complexity index is 690. The number of alkyl halides is 10. The zero-order chi connectivity index (χ0) is 24.0. The summed E-state index contributed by atoms with van der Waals surface area (Å²) in [6, 6.07) is 0. The molecule has 0 bridgehead atoms. The van der Waals surface area contributed by atoms with Crippen molar-refractivity contribution < 1.29 is 67.4 Å². The molecule has 0 aliphatic rings. The van der Waals surface area contributed by atoms with E-state index >= 15 is 0 Å². The summed E-state index contributed by atoms with van der Waals surface area (Å²) in [5.41, 5.74) is 0. The summed E-state index contributed by atoms with van der Waals surface area (Å²) < 4.78 is 143. The highest BCUT2D eigenvalue weighted by molar-refractivity contribution is 6.29. The van der Waals surface area contributed by atoms with Crippen molar-refractivity contribution in [3.63, 3.8) is 0 Å². The van der Waals surface area contributed by atoms with E-state index in [9.17, 15) is 57.9 Å². The minimum absolute atomic E-state index is 0.0172. The lowest BCUT2D eigenvalue weighted by molar-refractivity contribution is -0.259. The molecule has 15 heteroatoms. The lowest BCUT2D eigenvalue weighted by Crippen LogP contribution is -2.34. The Balaban J connectivity index is 5.01. The van der Waals surface area contributed by atoms with Gasteiger partial charge in [0.25, 0.3) is 0 Å². The van der Waals surface area contributed by atoms with Crippen LogP contribution in [0, 0.1) is 0 Å². The maximum Gasteiger partial charge on any atom is 0.457 e. The third-order valence-electron chi connectivity index (χ3n) is 2.76. The van der Waals surface area contributed by atoms with Crippen LogP contribution in [-0.4, -0.2) is 48.8 Å². The van der Waals surface area contributed by atoms with Gasteiger partial charge < -0.3 is 9.47 Å². The Morgan fingerprint density at radius 2 is 1.30 bits per heavy atom. The molecule has 0 aromatic heterocycles. The molecule has 0 fully saturated rings. The fourth-order valence-electron chi connectivity index (χ4n) is 1.35. The molecule has 0 aliphatic heterocycles. The number of allylic oxidation sites excluding steroid dienone is 2. The minimum atomic E-state index is -6.03. The van der Waals surface area contributed by atoms with Gasteiger partial charge >= 0.3 is 36.1 Å². The first-order chi connectivity index (χ1) is 13.3. The fraction of sp³-hybridized carbons (Fsp3) is 0.467. The van der Waals surface area contributed by atoms with Crippen molar-refractivity contribution in [1.82, 2.24) is 0 Å². The monoisotopic (exact) mass is 464 g/mol. The molecule has 0 saturated heterocycles. The summed E-state index contributed by atoms with van der Waals surface area (Å²) in [5.74, 6) is -16.2. The summed E-state index contributed by atoms with van der Waals surface area (Å²) in [6.45, 7) is 1.36. The van der Waals surface area contributed by atoms with Crippen LogP contribution in [0.15, 0.2) is 36.7 Å². The molecule has 0 radical (unpaired) electrons. The second-order valence-electron chi connectivity index (χ2n) is 5.27. The molecule has 0 rings (SSSR count). The van der Waals surface area contributed by atoms with Crippen LogP contribution in [-0.2, 0) is 19.1 Å². The fourth-order valence-corrected chi connectivity index (χ4v) is 1.35. The Morgan fingerprint density at radius 3 is 1.73 bits per heavy atom. The highest BCUT2D eigenvalue weighted by Crippen LogP contribution is 2.37. The molecule has 0 aromatic rings. The van der Waals surface area contributed by atoms with Crippen LogP contribution in [0.3, 0.4) is 0 Å². The number of carbonyl (C=O) groups is 2. The third-order valence-corrected chi connectivity index (χ3v) is 2.76. The molecule has 1 unspecified atom stereocenters. The van der Waals surface area contributed by atoms with E-state index < -0.39 is 73.2 Å². The van der Waals surface area contributed by atoms with Gasteiger partial charge in [-0.15, -0.1) is 0 Å². The normalized spacial score (nSPS) is 14.8. The molecule has 4 nitrogen and oxygen atoms in total. The summed E-state index contributed by atoms with van der Waals surface area (Å²) in [6.07, 6.45) is -16.8. The van der Waals surface area contributed by atoms with E-state index in [1.165, 1.54) is 0 Å². The number of ether oxygens (including phenoxy) is 2. The van der Waals surface area contributed by atoms with E-state index in [1.54, 1.807) is 0 Å². The van der Waals surface area contributed by atoms with Gasteiger partial charge in [0.15, 0.2) is 0 Å². The van der Waals surface area contributed by atoms with Crippen molar-refractivity contribution >= 4 is 11.9 Å². The molecule has 0 spiro atoms. The van der Waals surface area contributed by atoms with Gasteiger partial charge in [-0.1, -0.05) is 6.58 Å². The van der Waals surface area contributed by atoms with Gasteiger partial charge in [0.05, 0.1) is 5.83 Å². The third kappa shape index (κ3) is 8.82. The molecular formula is C15H11F11O4. The topological polar surface area (TPSA) is 52.6 Å². The van der Waals surface area contributed by atoms with Crippen LogP contribution in [0.25, 0.3) is 0 Å². The van der Waals surface area contributed by atoms with E-state index in [1.807, 2.05) is 0 Å². The van der Waals surface area contributed by atoms with Gasteiger partial charge in [-0.25, -0.2) is 14.0 Å². The summed E-state index contributed by atoms with van der Waals surface area (Å²) in [7, 11) is 0. The number of esters is 2. The Hall–Kier alpha value is -2.61. The first kappa shape index (κ1) is 27.4. The highest BCUT2D eigenvalue weighted by Gasteiger charge is 2.56. The lowest BCUT2D eigenvalue weighted by atomic mass is 10.2. The first-order valence-corrected chi connectivity index (χ1v) is 7.27. The molecule has 172 valence electrons. The number of halogens is 11. The Kier molecular flexibility index (Phi) is 9.07. The molecule has 0 N–H and O–H groups in total. The van der Waals surface area contributed by atoms with Crippen LogP contribution in [0.2, 0.25) is 0 Å². The van der Waals surface area contributed by atoms with Gasteiger partial charge in [-0.2, -0.15) is 43.9 Å². The average Bonchev–Trinajstić information content (AvgIpc) is 2.53.